The Morgan fingerprint density at radius 3 is 2.59 bits per heavy atom. The van der Waals surface area contributed by atoms with E-state index in [0.29, 0.717) is 10.9 Å². The Hall–Kier alpha value is -1.68. The predicted octanol–water partition coefficient (Wildman–Crippen LogP) is 3.35. The summed E-state index contributed by atoms with van der Waals surface area (Å²) in [5.74, 6) is 0.934. The summed E-state index contributed by atoms with van der Waals surface area (Å²) >= 11 is 5.00. The lowest BCUT2D eigenvalue weighted by Gasteiger charge is -2.05. The number of hydrogen-bond donors (Lipinski definition) is 1. The first-order chi connectivity index (χ1) is 8.31. The second kappa shape index (κ2) is 4.30. The zero-order chi connectivity index (χ0) is 11.7. The highest BCUT2D eigenvalue weighted by molar-refractivity contribution is 7.71. The molecule has 0 aliphatic heterocycles. The predicted molar refractivity (Wildman–Crippen MR) is 68.5 cm³/mol. The Morgan fingerprint density at radius 1 is 1.18 bits per heavy atom. The number of aromatic amines is 1. The summed E-state index contributed by atoms with van der Waals surface area (Å²) in [5, 5.41) is 0. The highest BCUT2D eigenvalue weighted by Gasteiger charge is 2.23. The van der Waals surface area contributed by atoms with Gasteiger partial charge in [-0.3, -0.25) is 0 Å². The molecule has 3 nitrogen and oxygen atoms in total. The highest BCUT2D eigenvalue weighted by atomic mass is 32.1. The highest BCUT2D eigenvalue weighted by Crippen LogP contribution is 2.28. The van der Waals surface area contributed by atoms with Crippen LogP contribution in [0.2, 0.25) is 0 Å². The van der Waals surface area contributed by atoms with Gasteiger partial charge in [-0.1, -0.05) is 0 Å². The number of rotatable bonds is 3. The Balaban J connectivity index is 1.85. The first kappa shape index (κ1) is 10.5. The quantitative estimate of drug-likeness (QED) is 0.841. The van der Waals surface area contributed by atoms with Crippen LogP contribution < -0.4 is 4.74 Å². The van der Waals surface area contributed by atoms with Crippen LogP contribution in [-0.2, 0) is 0 Å². The van der Waals surface area contributed by atoms with Crippen molar-refractivity contribution in [2.75, 3.05) is 0 Å². The lowest BCUT2D eigenvalue weighted by Crippen LogP contribution is -1.95. The molecule has 0 atom stereocenters. The second-order valence-electron chi connectivity index (χ2n) is 4.13. The van der Waals surface area contributed by atoms with Crippen molar-refractivity contribution < 1.29 is 4.74 Å². The van der Waals surface area contributed by atoms with Gasteiger partial charge in [-0.25, -0.2) is 4.98 Å². The molecular formula is C13H12N2OS. The molecule has 1 aliphatic rings. The fourth-order valence-electron chi connectivity index (χ4n) is 1.63. The lowest BCUT2D eigenvalue weighted by molar-refractivity contribution is 0.303. The fourth-order valence-corrected chi connectivity index (χ4v) is 1.80. The van der Waals surface area contributed by atoms with Crippen LogP contribution in [0.15, 0.2) is 36.5 Å². The maximum absolute atomic E-state index is 5.70. The van der Waals surface area contributed by atoms with Crippen molar-refractivity contribution in [3.63, 3.8) is 0 Å². The van der Waals surface area contributed by atoms with Gasteiger partial charge in [0.05, 0.1) is 6.10 Å². The van der Waals surface area contributed by atoms with Crippen LogP contribution in [0.3, 0.4) is 0 Å². The standard InChI is InChI=1S/C13H12N2OS/c17-13-14-8-7-12(15-13)9-1-3-10(4-2-9)16-11-5-6-11/h1-4,7-8,11H,5-6H2,(H,14,15,17). The normalized spacial score (nSPS) is 14.6. The number of aromatic nitrogens is 2. The third kappa shape index (κ3) is 2.53. The average molecular weight is 244 g/mol. The van der Waals surface area contributed by atoms with Crippen LogP contribution in [0, 0.1) is 4.77 Å². The van der Waals surface area contributed by atoms with Gasteiger partial charge in [-0.2, -0.15) is 0 Å². The molecule has 0 saturated heterocycles. The number of nitrogens with zero attached hydrogens (tertiary/aromatic N) is 1. The molecule has 1 heterocycles. The smallest absolute Gasteiger partial charge is 0.197 e. The van der Waals surface area contributed by atoms with Gasteiger partial charge in [0.25, 0.3) is 0 Å². The molecule has 0 amide bonds. The van der Waals surface area contributed by atoms with E-state index in [1.54, 1.807) is 6.20 Å². The molecule has 0 unspecified atom stereocenters. The number of benzene rings is 1. The van der Waals surface area contributed by atoms with Crippen molar-refractivity contribution in [1.82, 2.24) is 9.97 Å². The second-order valence-corrected chi connectivity index (χ2v) is 4.52. The van der Waals surface area contributed by atoms with Crippen LogP contribution >= 0.6 is 12.2 Å². The molecule has 3 rings (SSSR count). The Kier molecular flexibility index (Phi) is 2.65. The molecule has 1 N–H and O–H groups in total. The number of hydrogen-bond acceptors (Lipinski definition) is 3. The summed E-state index contributed by atoms with van der Waals surface area (Å²) < 4.78 is 6.20. The summed E-state index contributed by atoms with van der Waals surface area (Å²) in [5.41, 5.74) is 2.06. The molecule has 0 spiro atoms. The minimum atomic E-state index is 0.438. The summed E-state index contributed by atoms with van der Waals surface area (Å²) in [6.45, 7) is 0. The largest absolute Gasteiger partial charge is 0.490 e. The molecule has 2 aromatic rings. The van der Waals surface area contributed by atoms with E-state index in [9.17, 15) is 0 Å². The minimum Gasteiger partial charge on any atom is -0.490 e. The lowest BCUT2D eigenvalue weighted by atomic mass is 10.1. The van der Waals surface area contributed by atoms with Gasteiger partial charge in [-0.05, 0) is 61.0 Å². The van der Waals surface area contributed by atoms with E-state index >= 15 is 0 Å². The Labute approximate surface area is 104 Å². The van der Waals surface area contributed by atoms with E-state index in [-0.39, 0.29) is 0 Å². The topological polar surface area (TPSA) is 37.9 Å². The van der Waals surface area contributed by atoms with E-state index in [1.165, 1.54) is 12.8 Å². The third-order valence-electron chi connectivity index (χ3n) is 2.67. The van der Waals surface area contributed by atoms with Crippen molar-refractivity contribution in [3.05, 3.63) is 41.3 Å². The van der Waals surface area contributed by atoms with Crippen LogP contribution in [0.5, 0.6) is 5.75 Å². The molecule has 0 bridgehead atoms. The monoisotopic (exact) mass is 244 g/mol. The van der Waals surface area contributed by atoms with E-state index in [1.807, 2.05) is 30.3 Å². The number of ether oxygens (including phenoxy) is 1. The zero-order valence-corrected chi connectivity index (χ0v) is 10.0. The van der Waals surface area contributed by atoms with Gasteiger partial charge >= 0.3 is 0 Å². The van der Waals surface area contributed by atoms with E-state index in [0.717, 1.165) is 17.0 Å². The van der Waals surface area contributed by atoms with Gasteiger partial charge in [0, 0.05) is 11.9 Å². The maximum Gasteiger partial charge on any atom is 0.197 e. The first-order valence-corrected chi connectivity index (χ1v) is 6.04. The molecule has 86 valence electrons. The van der Waals surface area contributed by atoms with Crippen molar-refractivity contribution in [2.24, 2.45) is 0 Å². The molecule has 1 aromatic carbocycles. The molecule has 4 heteroatoms. The van der Waals surface area contributed by atoms with E-state index < -0.39 is 0 Å². The Bertz CT molecular complexity index is 572. The summed E-state index contributed by atoms with van der Waals surface area (Å²) in [4.78, 5) is 7.02. The molecular weight excluding hydrogens is 232 g/mol. The van der Waals surface area contributed by atoms with Crippen molar-refractivity contribution >= 4 is 12.2 Å². The summed E-state index contributed by atoms with van der Waals surface area (Å²) in [7, 11) is 0. The summed E-state index contributed by atoms with van der Waals surface area (Å²) in [6.07, 6.45) is 4.51. The molecule has 1 saturated carbocycles. The van der Waals surface area contributed by atoms with Gasteiger partial charge in [-0.15, -0.1) is 0 Å². The number of nitrogens with one attached hydrogen (secondary N) is 1. The van der Waals surface area contributed by atoms with Crippen LogP contribution in [0.25, 0.3) is 11.3 Å². The molecule has 1 aliphatic carbocycles. The zero-order valence-electron chi connectivity index (χ0n) is 9.22. The molecule has 17 heavy (non-hydrogen) atoms. The molecule has 0 radical (unpaired) electrons. The average Bonchev–Trinajstić information content (AvgIpc) is 3.14. The van der Waals surface area contributed by atoms with Crippen LogP contribution in [0.4, 0.5) is 0 Å². The van der Waals surface area contributed by atoms with E-state index in [2.05, 4.69) is 9.97 Å². The first-order valence-electron chi connectivity index (χ1n) is 5.64. The van der Waals surface area contributed by atoms with Crippen molar-refractivity contribution in [2.45, 2.75) is 18.9 Å². The van der Waals surface area contributed by atoms with Gasteiger partial charge < -0.3 is 9.72 Å². The minimum absolute atomic E-state index is 0.438. The number of H-pyrrole nitrogens is 1. The SMILES string of the molecule is S=c1nccc(-c2ccc(OC3CC3)cc2)[nH]1. The van der Waals surface area contributed by atoms with Gasteiger partial charge in [0.2, 0.25) is 0 Å². The van der Waals surface area contributed by atoms with Crippen molar-refractivity contribution in [1.29, 1.82) is 0 Å². The van der Waals surface area contributed by atoms with Crippen LogP contribution in [0.1, 0.15) is 12.8 Å². The third-order valence-corrected chi connectivity index (χ3v) is 2.87. The van der Waals surface area contributed by atoms with Gasteiger partial charge in [0.1, 0.15) is 5.75 Å². The molecule has 1 fully saturated rings. The fraction of sp³-hybridized carbons (Fsp3) is 0.231. The van der Waals surface area contributed by atoms with Crippen LogP contribution in [-0.4, -0.2) is 16.1 Å². The maximum atomic E-state index is 5.70. The Morgan fingerprint density at radius 2 is 1.94 bits per heavy atom. The van der Waals surface area contributed by atoms with E-state index in [4.69, 9.17) is 17.0 Å². The summed E-state index contributed by atoms with van der Waals surface area (Å²) in [6, 6.07) is 9.94. The van der Waals surface area contributed by atoms with Crippen molar-refractivity contribution in [3.8, 4) is 17.0 Å². The van der Waals surface area contributed by atoms with Gasteiger partial charge in [0.15, 0.2) is 4.77 Å². The molecule has 1 aromatic heterocycles.